The Morgan fingerprint density at radius 2 is 1.39 bits per heavy atom. The summed E-state index contributed by atoms with van der Waals surface area (Å²) in [5, 5.41) is 0. The van der Waals surface area contributed by atoms with Gasteiger partial charge in [-0.25, -0.2) is 17.6 Å². The lowest BCUT2D eigenvalue weighted by molar-refractivity contribution is 0.0734. The summed E-state index contributed by atoms with van der Waals surface area (Å²) in [4.78, 5) is 24.6. The zero-order valence-corrected chi connectivity index (χ0v) is 15.6. The third-order valence-corrected chi connectivity index (χ3v) is 5.04. The van der Waals surface area contributed by atoms with Gasteiger partial charge in [0.2, 0.25) is 0 Å². The molecule has 142 valence electrons. The van der Waals surface area contributed by atoms with Gasteiger partial charge in [0, 0.05) is 17.4 Å². The average Bonchev–Trinajstić information content (AvgIpc) is 2.68. The third-order valence-electron chi connectivity index (χ3n) is 3.93. The molecule has 7 heteroatoms. The SMILES string of the molecule is CS(=O)(=O)c1cccc(C(=O)Oc2ccc(C(=O)c3ccc(F)cc3)cc2)c1. The second-order valence-corrected chi connectivity index (χ2v) is 8.07. The Labute approximate surface area is 161 Å². The molecule has 28 heavy (non-hydrogen) atoms. The smallest absolute Gasteiger partial charge is 0.343 e. The number of ketones is 1. The quantitative estimate of drug-likeness (QED) is 0.372. The van der Waals surface area contributed by atoms with Crippen molar-refractivity contribution in [3.8, 4) is 5.75 Å². The summed E-state index contributed by atoms with van der Waals surface area (Å²) in [6.45, 7) is 0. The van der Waals surface area contributed by atoms with Gasteiger partial charge in [-0.1, -0.05) is 6.07 Å². The summed E-state index contributed by atoms with van der Waals surface area (Å²) in [7, 11) is -3.44. The Bertz CT molecular complexity index is 1130. The monoisotopic (exact) mass is 398 g/mol. The first kappa shape index (κ1) is 19.4. The molecule has 0 aliphatic carbocycles. The van der Waals surface area contributed by atoms with Crippen molar-refractivity contribution in [3.63, 3.8) is 0 Å². The molecule has 3 rings (SSSR count). The van der Waals surface area contributed by atoms with Crippen LogP contribution in [0, 0.1) is 5.82 Å². The standard InChI is InChI=1S/C21H15FO5S/c1-28(25,26)19-4-2-3-16(13-19)21(24)27-18-11-7-15(8-12-18)20(23)14-5-9-17(22)10-6-14/h2-13H,1H3. The normalized spacial score (nSPS) is 11.1. The van der Waals surface area contributed by atoms with Crippen LogP contribution in [0.25, 0.3) is 0 Å². The molecule has 0 atom stereocenters. The molecule has 0 aliphatic rings. The molecule has 0 amide bonds. The predicted octanol–water partition coefficient (Wildman–Crippen LogP) is 3.68. The van der Waals surface area contributed by atoms with E-state index in [0.29, 0.717) is 11.1 Å². The number of rotatable bonds is 5. The fourth-order valence-electron chi connectivity index (χ4n) is 2.46. The molecule has 0 saturated heterocycles. The molecular weight excluding hydrogens is 383 g/mol. The summed E-state index contributed by atoms with van der Waals surface area (Å²) in [5.74, 6) is -1.24. The highest BCUT2D eigenvalue weighted by atomic mass is 32.2. The van der Waals surface area contributed by atoms with Crippen molar-refractivity contribution in [1.82, 2.24) is 0 Å². The van der Waals surface area contributed by atoms with Crippen LogP contribution in [0.4, 0.5) is 4.39 Å². The van der Waals surface area contributed by atoms with Crippen LogP contribution in [0.3, 0.4) is 0 Å². The number of ether oxygens (including phenoxy) is 1. The van der Waals surface area contributed by atoms with Gasteiger partial charge in [0.1, 0.15) is 11.6 Å². The average molecular weight is 398 g/mol. The Kier molecular flexibility index (Phi) is 5.37. The van der Waals surface area contributed by atoms with Crippen LogP contribution >= 0.6 is 0 Å². The molecule has 0 heterocycles. The Morgan fingerprint density at radius 3 is 1.96 bits per heavy atom. The lowest BCUT2D eigenvalue weighted by Gasteiger charge is -2.07. The second-order valence-electron chi connectivity index (χ2n) is 6.05. The van der Waals surface area contributed by atoms with Crippen LogP contribution in [-0.2, 0) is 9.84 Å². The molecule has 3 aromatic rings. The Morgan fingerprint density at radius 1 is 0.821 bits per heavy atom. The molecule has 0 fully saturated rings. The van der Waals surface area contributed by atoms with Crippen LogP contribution < -0.4 is 4.74 Å². The fraction of sp³-hybridized carbons (Fsp3) is 0.0476. The van der Waals surface area contributed by atoms with Crippen molar-refractivity contribution in [2.45, 2.75) is 4.90 Å². The number of carbonyl (C=O) groups excluding carboxylic acids is 2. The lowest BCUT2D eigenvalue weighted by Crippen LogP contribution is -2.10. The van der Waals surface area contributed by atoms with E-state index in [2.05, 4.69) is 0 Å². The van der Waals surface area contributed by atoms with Gasteiger partial charge in [0.15, 0.2) is 15.6 Å². The number of halogens is 1. The van der Waals surface area contributed by atoms with E-state index in [4.69, 9.17) is 4.74 Å². The maximum atomic E-state index is 13.0. The van der Waals surface area contributed by atoms with Crippen molar-refractivity contribution >= 4 is 21.6 Å². The topological polar surface area (TPSA) is 77.5 Å². The van der Waals surface area contributed by atoms with E-state index in [-0.39, 0.29) is 22.0 Å². The molecule has 0 spiro atoms. The van der Waals surface area contributed by atoms with Gasteiger partial charge in [-0.15, -0.1) is 0 Å². The molecule has 0 aliphatic heterocycles. The minimum atomic E-state index is -3.44. The van der Waals surface area contributed by atoms with E-state index in [1.54, 1.807) is 0 Å². The van der Waals surface area contributed by atoms with Crippen molar-refractivity contribution in [2.24, 2.45) is 0 Å². The van der Waals surface area contributed by atoms with Crippen molar-refractivity contribution in [2.75, 3.05) is 6.26 Å². The van der Waals surface area contributed by atoms with Crippen molar-refractivity contribution in [1.29, 1.82) is 0 Å². The van der Waals surface area contributed by atoms with Crippen molar-refractivity contribution in [3.05, 3.63) is 95.3 Å². The Balaban J connectivity index is 1.75. The number of esters is 1. The summed E-state index contributed by atoms with van der Waals surface area (Å²) >= 11 is 0. The van der Waals surface area contributed by atoms with Crippen LogP contribution in [0.15, 0.2) is 77.7 Å². The molecule has 0 aromatic heterocycles. The number of hydrogen-bond donors (Lipinski definition) is 0. The van der Waals surface area contributed by atoms with Gasteiger partial charge in [0.05, 0.1) is 10.5 Å². The van der Waals surface area contributed by atoms with Crippen LogP contribution in [-0.4, -0.2) is 26.4 Å². The molecular formula is C21H15FO5S. The van der Waals surface area contributed by atoms with E-state index in [1.807, 2.05) is 0 Å². The summed E-state index contributed by atoms with van der Waals surface area (Å²) in [6, 6.07) is 16.6. The van der Waals surface area contributed by atoms with E-state index in [1.165, 1.54) is 72.8 Å². The molecule has 0 saturated carbocycles. The summed E-state index contributed by atoms with van der Waals surface area (Å²) in [5.41, 5.74) is 0.781. The predicted molar refractivity (Wildman–Crippen MR) is 101 cm³/mol. The third kappa shape index (κ3) is 4.50. The van der Waals surface area contributed by atoms with Gasteiger partial charge < -0.3 is 4.74 Å². The minimum absolute atomic E-state index is 0.0159. The van der Waals surface area contributed by atoms with Gasteiger partial charge >= 0.3 is 5.97 Å². The van der Waals surface area contributed by atoms with Gasteiger partial charge in [-0.3, -0.25) is 4.79 Å². The second kappa shape index (κ2) is 7.74. The lowest BCUT2D eigenvalue weighted by atomic mass is 10.0. The van der Waals surface area contributed by atoms with Gasteiger partial charge in [0.25, 0.3) is 0 Å². The summed E-state index contributed by atoms with van der Waals surface area (Å²) < 4.78 is 41.4. The van der Waals surface area contributed by atoms with E-state index in [0.717, 1.165) is 6.26 Å². The van der Waals surface area contributed by atoms with Crippen LogP contribution in [0.2, 0.25) is 0 Å². The molecule has 3 aromatic carbocycles. The first-order chi connectivity index (χ1) is 13.2. The van der Waals surface area contributed by atoms with E-state index < -0.39 is 21.6 Å². The van der Waals surface area contributed by atoms with Crippen LogP contribution in [0.5, 0.6) is 5.75 Å². The first-order valence-corrected chi connectivity index (χ1v) is 10.1. The van der Waals surface area contributed by atoms with Crippen LogP contribution in [0.1, 0.15) is 26.3 Å². The maximum Gasteiger partial charge on any atom is 0.343 e. The zero-order chi connectivity index (χ0) is 20.3. The molecule has 0 unspecified atom stereocenters. The number of carbonyl (C=O) groups is 2. The fourth-order valence-corrected chi connectivity index (χ4v) is 3.13. The first-order valence-electron chi connectivity index (χ1n) is 8.17. The molecule has 5 nitrogen and oxygen atoms in total. The number of hydrogen-bond acceptors (Lipinski definition) is 5. The summed E-state index contributed by atoms with van der Waals surface area (Å²) in [6.07, 6.45) is 1.05. The van der Waals surface area contributed by atoms with Gasteiger partial charge in [-0.05, 0) is 66.7 Å². The molecule has 0 N–H and O–H groups in total. The molecule has 0 radical (unpaired) electrons. The highest BCUT2D eigenvalue weighted by Gasteiger charge is 2.14. The maximum absolute atomic E-state index is 13.0. The van der Waals surface area contributed by atoms with E-state index in [9.17, 15) is 22.4 Å². The highest BCUT2D eigenvalue weighted by molar-refractivity contribution is 7.90. The Hall–Kier alpha value is -3.32. The largest absolute Gasteiger partial charge is 0.423 e. The van der Waals surface area contributed by atoms with Gasteiger partial charge in [-0.2, -0.15) is 0 Å². The minimum Gasteiger partial charge on any atom is -0.423 e. The number of benzene rings is 3. The van der Waals surface area contributed by atoms with Crippen molar-refractivity contribution < 1.29 is 27.1 Å². The number of sulfone groups is 1. The highest BCUT2D eigenvalue weighted by Crippen LogP contribution is 2.18. The zero-order valence-electron chi connectivity index (χ0n) is 14.8. The van der Waals surface area contributed by atoms with E-state index >= 15 is 0 Å². The molecule has 0 bridgehead atoms.